The van der Waals surface area contributed by atoms with Gasteiger partial charge in [-0.1, -0.05) is 97.1 Å². The Hall–Kier alpha value is -0.830. The molecule has 0 aliphatic rings. The molecule has 29 heavy (non-hydrogen) atoms. The molecule has 0 rings (SSSR count). The van der Waals surface area contributed by atoms with E-state index in [9.17, 15) is 4.79 Å². The summed E-state index contributed by atoms with van der Waals surface area (Å²) in [6, 6.07) is 0. The summed E-state index contributed by atoms with van der Waals surface area (Å²) in [4.78, 5) is 10.3. The number of carboxylic acids is 1. The van der Waals surface area contributed by atoms with Gasteiger partial charge < -0.3 is 10.4 Å². The van der Waals surface area contributed by atoms with E-state index in [1.54, 1.807) is 0 Å². The highest BCUT2D eigenvalue weighted by molar-refractivity contribution is 5.66. The lowest BCUT2D eigenvalue weighted by atomic mass is 10.1. The first kappa shape index (κ1) is 30.4. The van der Waals surface area contributed by atoms with Crippen LogP contribution < -0.4 is 5.32 Å². The van der Waals surface area contributed by atoms with Gasteiger partial charge in [0.05, 0.1) is 0 Å². The summed E-state index contributed by atoms with van der Waals surface area (Å²) in [7, 11) is 0. The van der Waals surface area contributed by atoms with E-state index in [1.165, 1.54) is 109 Å². The van der Waals surface area contributed by atoms with E-state index >= 15 is 0 Å². The maximum absolute atomic E-state index is 10.3. The first-order chi connectivity index (χ1) is 14.2. The van der Waals surface area contributed by atoms with Crippen molar-refractivity contribution in [3.63, 3.8) is 0 Å². The zero-order valence-electron chi connectivity index (χ0n) is 20.2. The third-order valence-electron chi connectivity index (χ3n) is 5.07. The fourth-order valence-corrected chi connectivity index (χ4v) is 3.08. The molecule has 3 heteroatoms. The molecule has 2 N–H and O–H groups in total. The van der Waals surface area contributed by atoms with E-state index in [2.05, 4.69) is 38.2 Å². The minimum atomic E-state index is -0.664. The summed E-state index contributed by atoms with van der Waals surface area (Å²) in [6.45, 7) is 9.12. The van der Waals surface area contributed by atoms with Gasteiger partial charge in [-0.3, -0.25) is 4.79 Å². The monoisotopic (exact) mass is 411 g/mol. The second-order valence-electron chi connectivity index (χ2n) is 8.19. The highest BCUT2D eigenvalue weighted by Gasteiger charge is 1.95. The van der Waals surface area contributed by atoms with Crippen LogP contribution in [0.25, 0.3) is 0 Å². The number of hydrogen-bond donors (Lipinski definition) is 2. The minimum absolute atomic E-state index is 0.332. The Morgan fingerprint density at radius 2 is 1.03 bits per heavy atom. The van der Waals surface area contributed by atoms with Crippen LogP contribution in [-0.4, -0.2) is 24.2 Å². The largest absolute Gasteiger partial charge is 0.481 e. The molecule has 0 atom stereocenters. The molecule has 0 aliphatic heterocycles. The van der Waals surface area contributed by atoms with E-state index < -0.39 is 5.97 Å². The molecule has 0 radical (unpaired) electrons. The fourth-order valence-electron chi connectivity index (χ4n) is 3.08. The number of allylic oxidation sites excluding steroid dienone is 2. The van der Waals surface area contributed by atoms with Gasteiger partial charge in [-0.25, -0.2) is 0 Å². The van der Waals surface area contributed by atoms with Crippen molar-refractivity contribution < 1.29 is 9.90 Å². The molecule has 0 aliphatic carbocycles. The summed E-state index contributed by atoms with van der Waals surface area (Å²) in [5.41, 5.74) is 0. The van der Waals surface area contributed by atoms with Gasteiger partial charge in [-0.15, -0.1) is 0 Å². The number of aliphatic carboxylic acids is 1. The van der Waals surface area contributed by atoms with Crippen LogP contribution in [0.3, 0.4) is 0 Å². The van der Waals surface area contributed by atoms with Crippen molar-refractivity contribution in [1.29, 1.82) is 0 Å². The molecule has 0 amide bonds. The van der Waals surface area contributed by atoms with Crippen LogP contribution >= 0.6 is 0 Å². The van der Waals surface area contributed by atoms with Crippen LogP contribution in [0.15, 0.2) is 12.2 Å². The minimum Gasteiger partial charge on any atom is -0.481 e. The van der Waals surface area contributed by atoms with E-state index in [4.69, 9.17) is 5.11 Å². The van der Waals surface area contributed by atoms with Crippen LogP contribution in [0.1, 0.15) is 136 Å². The van der Waals surface area contributed by atoms with Gasteiger partial charge in [-0.05, 0) is 58.0 Å². The molecule has 0 spiro atoms. The van der Waals surface area contributed by atoms with Crippen molar-refractivity contribution in [2.75, 3.05) is 13.1 Å². The van der Waals surface area contributed by atoms with Gasteiger partial charge >= 0.3 is 5.97 Å². The van der Waals surface area contributed by atoms with Crippen molar-refractivity contribution >= 4 is 5.97 Å². The molecule has 0 saturated carbocycles. The van der Waals surface area contributed by atoms with Crippen molar-refractivity contribution in [1.82, 2.24) is 5.32 Å². The second-order valence-corrected chi connectivity index (χ2v) is 8.19. The molecule has 0 fully saturated rings. The first-order valence-electron chi connectivity index (χ1n) is 12.8. The fraction of sp³-hybridized carbons (Fsp3) is 0.885. The van der Waals surface area contributed by atoms with Crippen molar-refractivity contribution in [2.45, 2.75) is 136 Å². The zero-order valence-corrected chi connectivity index (χ0v) is 20.2. The number of rotatable bonds is 21. The smallest absolute Gasteiger partial charge is 0.303 e. The lowest BCUT2D eigenvalue weighted by Crippen LogP contribution is -2.15. The van der Waals surface area contributed by atoms with Gasteiger partial charge in [0.1, 0.15) is 0 Å². The third kappa shape index (κ3) is 35.0. The SMILES string of the molecule is CCCCCCCC/C=C\CCCCCCCC(=O)O.CCCCNCCCC. The summed E-state index contributed by atoms with van der Waals surface area (Å²) in [5.74, 6) is -0.664. The average molecular weight is 412 g/mol. The van der Waals surface area contributed by atoms with E-state index in [0.29, 0.717) is 6.42 Å². The standard InChI is InChI=1S/C18H34O2.C8H19N/c1-2-3-4-5-6-7-8-9-10-11-12-13-14-15-16-17-18(19)20;1-3-5-7-9-8-6-4-2/h9-10H,2-8,11-17H2,1H3,(H,19,20);9H,3-8H2,1-2H3/b10-9-;. The quantitative estimate of drug-likeness (QED) is 0.147. The number of carbonyl (C=O) groups is 1. The van der Waals surface area contributed by atoms with Crippen molar-refractivity contribution in [2.24, 2.45) is 0 Å². The molecule has 0 saturated heterocycles. The van der Waals surface area contributed by atoms with Gasteiger partial charge in [0, 0.05) is 6.42 Å². The van der Waals surface area contributed by atoms with Gasteiger partial charge in [0.2, 0.25) is 0 Å². The second kappa shape index (κ2) is 29.4. The Balaban J connectivity index is 0. The topological polar surface area (TPSA) is 49.3 Å². The number of nitrogens with one attached hydrogen (secondary N) is 1. The van der Waals surface area contributed by atoms with Crippen molar-refractivity contribution in [3.8, 4) is 0 Å². The van der Waals surface area contributed by atoms with Gasteiger partial charge in [0.25, 0.3) is 0 Å². The predicted molar refractivity (Wildman–Crippen MR) is 130 cm³/mol. The highest BCUT2D eigenvalue weighted by Crippen LogP contribution is 2.09. The normalized spacial score (nSPS) is 10.9. The number of carboxylic acid groups (broad SMARTS) is 1. The Morgan fingerprint density at radius 3 is 1.48 bits per heavy atom. The molecular formula is C26H53NO2. The maximum Gasteiger partial charge on any atom is 0.303 e. The average Bonchev–Trinajstić information content (AvgIpc) is 2.71. The highest BCUT2D eigenvalue weighted by atomic mass is 16.4. The van der Waals surface area contributed by atoms with E-state index in [1.807, 2.05) is 0 Å². The summed E-state index contributed by atoms with van der Waals surface area (Å²) < 4.78 is 0. The summed E-state index contributed by atoms with van der Waals surface area (Å²) in [6.07, 6.45) is 26.5. The number of hydrogen-bond acceptors (Lipinski definition) is 2. The molecular weight excluding hydrogens is 358 g/mol. The van der Waals surface area contributed by atoms with Crippen LogP contribution in [0.5, 0.6) is 0 Å². The molecule has 0 aromatic carbocycles. The lowest BCUT2D eigenvalue weighted by Gasteiger charge is -1.99. The summed E-state index contributed by atoms with van der Waals surface area (Å²) >= 11 is 0. The molecule has 0 aromatic heterocycles. The first-order valence-corrected chi connectivity index (χ1v) is 12.8. The zero-order chi connectivity index (χ0) is 21.8. The van der Waals surface area contributed by atoms with Gasteiger partial charge in [-0.2, -0.15) is 0 Å². The molecule has 3 nitrogen and oxygen atoms in total. The summed E-state index contributed by atoms with van der Waals surface area (Å²) in [5, 5.41) is 11.9. The van der Waals surface area contributed by atoms with Crippen LogP contribution in [-0.2, 0) is 4.79 Å². The lowest BCUT2D eigenvalue weighted by molar-refractivity contribution is -0.137. The molecule has 0 aromatic rings. The maximum atomic E-state index is 10.3. The molecule has 0 bridgehead atoms. The molecule has 174 valence electrons. The van der Waals surface area contributed by atoms with E-state index in [0.717, 1.165) is 12.8 Å². The molecule has 0 heterocycles. The van der Waals surface area contributed by atoms with E-state index in [-0.39, 0.29) is 0 Å². The van der Waals surface area contributed by atoms with Crippen LogP contribution in [0.4, 0.5) is 0 Å². The number of unbranched alkanes of at least 4 members (excludes halogenated alkanes) is 13. The Bertz CT molecular complexity index is 323. The third-order valence-corrected chi connectivity index (χ3v) is 5.07. The van der Waals surface area contributed by atoms with Gasteiger partial charge in [0.15, 0.2) is 0 Å². The van der Waals surface area contributed by atoms with Crippen LogP contribution in [0, 0.1) is 0 Å². The Labute approximate surface area is 183 Å². The van der Waals surface area contributed by atoms with Crippen LogP contribution in [0.2, 0.25) is 0 Å². The Morgan fingerprint density at radius 1 is 0.621 bits per heavy atom. The Kier molecular flexibility index (Phi) is 30.8. The van der Waals surface area contributed by atoms with Crippen molar-refractivity contribution in [3.05, 3.63) is 12.2 Å². The predicted octanol–water partition coefficient (Wildman–Crippen LogP) is 8.28. The molecule has 0 unspecified atom stereocenters.